The normalized spacial score (nSPS) is 11.1. The second-order valence-electron chi connectivity index (χ2n) is 4.58. The van der Waals surface area contributed by atoms with Crippen LogP contribution >= 0.6 is 34.5 Å². The molecule has 0 bridgehead atoms. The molecule has 0 saturated heterocycles. The van der Waals surface area contributed by atoms with Crippen LogP contribution in [0.3, 0.4) is 0 Å². The Balaban J connectivity index is 2.04. The molecule has 2 aromatic rings. The lowest BCUT2D eigenvalue weighted by Crippen LogP contribution is -2.25. The van der Waals surface area contributed by atoms with Gasteiger partial charge in [-0.05, 0) is 32.2 Å². The highest BCUT2D eigenvalue weighted by molar-refractivity contribution is 7.09. The lowest BCUT2D eigenvalue weighted by molar-refractivity contribution is 0.0943. The van der Waals surface area contributed by atoms with Crippen LogP contribution in [0.5, 0.6) is 0 Å². The van der Waals surface area contributed by atoms with Crippen LogP contribution in [0.15, 0.2) is 23.7 Å². The minimum atomic E-state index is -0.0397. The van der Waals surface area contributed by atoms with Crippen molar-refractivity contribution in [1.82, 2.24) is 9.88 Å². The first-order valence-electron chi connectivity index (χ1n) is 6.03. The molecular weight excluding hydrogens is 315 g/mol. The zero-order valence-electron chi connectivity index (χ0n) is 11.2. The molecule has 1 heterocycles. The highest BCUT2D eigenvalue weighted by Crippen LogP contribution is 2.21. The quantitative estimate of drug-likeness (QED) is 0.775. The van der Waals surface area contributed by atoms with Gasteiger partial charge in [-0.2, -0.15) is 0 Å². The summed E-state index contributed by atoms with van der Waals surface area (Å²) in [5.74, 6) is -0.0397. The third kappa shape index (κ3) is 3.79. The molecule has 3 nitrogen and oxygen atoms in total. The molecule has 0 fully saturated rings. The maximum Gasteiger partial charge on any atom is 0.178 e. The van der Waals surface area contributed by atoms with Gasteiger partial charge >= 0.3 is 0 Å². The van der Waals surface area contributed by atoms with Crippen LogP contribution in [-0.2, 0) is 6.54 Å². The number of ketones is 1. The number of thiazole rings is 1. The lowest BCUT2D eigenvalue weighted by Gasteiger charge is -2.15. The van der Waals surface area contributed by atoms with E-state index in [0.717, 1.165) is 10.6 Å². The number of likely N-dealkylation sites (N-methyl/N-ethyl adjacent to an activating group) is 1. The predicted molar refractivity (Wildman–Crippen MR) is 84.0 cm³/mol. The second-order valence-corrected chi connectivity index (χ2v) is 6.36. The van der Waals surface area contributed by atoms with Crippen LogP contribution < -0.4 is 0 Å². The van der Waals surface area contributed by atoms with E-state index in [1.807, 2.05) is 24.4 Å². The molecule has 0 saturated carbocycles. The number of halogens is 2. The van der Waals surface area contributed by atoms with Gasteiger partial charge in [0.25, 0.3) is 0 Å². The predicted octanol–water partition coefficient (Wildman–Crippen LogP) is 4.07. The summed E-state index contributed by atoms with van der Waals surface area (Å²) in [7, 11) is 1.90. The Hall–Kier alpha value is -0.940. The highest BCUT2D eigenvalue weighted by Gasteiger charge is 2.14. The average Bonchev–Trinajstić information content (AvgIpc) is 2.77. The van der Waals surface area contributed by atoms with E-state index in [0.29, 0.717) is 22.2 Å². The number of rotatable bonds is 5. The molecule has 0 aliphatic carbocycles. The summed E-state index contributed by atoms with van der Waals surface area (Å²) < 4.78 is 0. The number of aromatic nitrogens is 1. The van der Waals surface area contributed by atoms with Gasteiger partial charge in [0.1, 0.15) is 0 Å². The van der Waals surface area contributed by atoms with Gasteiger partial charge < -0.3 is 0 Å². The Kier molecular flexibility index (Phi) is 5.16. The molecule has 0 unspecified atom stereocenters. The van der Waals surface area contributed by atoms with Crippen LogP contribution in [0.4, 0.5) is 0 Å². The lowest BCUT2D eigenvalue weighted by atomic mass is 10.1. The standard InChI is InChI=1S/C14H14Cl2N2OS/c1-9-14(20-8-17-9)7-18(2)6-13(19)11-5-10(15)3-4-12(11)16/h3-5,8H,6-7H2,1-2H3. The minimum absolute atomic E-state index is 0.0397. The van der Waals surface area contributed by atoms with E-state index in [1.165, 1.54) is 0 Å². The molecule has 106 valence electrons. The number of benzene rings is 1. The van der Waals surface area contributed by atoms with Crippen molar-refractivity contribution in [2.24, 2.45) is 0 Å². The van der Waals surface area contributed by atoms with Crippen LogP contribution in [0.1, 0.15) is 20.9 Å². The van der Waals surface area contributed by atoms with E-state index in [9.17, 15) is 4.79 Å². The van der Waals surface area contributed by atoms with Gasteiger partial charge in [0.05, 0.1) is 22.8 Å². The topological polar surface area (TPSA) is 33.2 Å². The zero-order chi connectivity index (χ0) is 14.7. The Morgan fingerprint density at radius 3 is 2.80 bits per heavy atom. The smallest absolute Gasteiger partial charge is 0.178 e. The molecule has 0 atom stereocenters. The van der Waals surface area contributed by atoms with Crippen molar-refractivity contribution in [2.45, 2.75) is 13.5 Å². The first-order valence-corrected chi connectivity index (χ1v) is 7.66. The van der Waals surface area contributed by atoms with E-state index in [4.69, 9.17) is 23.2 Å². The van der Waals surface area contributed by atoms with Crippen LogP contribution in [-0.4, -0.2) is 29.3 Å². The number of Topliss-reactive ketones (excluding diaryl/α,β-unsaturated/α-hetero) is 1. The number of carbonyl (C=O) groups is 1. The molecule has 20 heavy (non-hydrogen) atoms. The van der Waals surface area contributed by atoms with Crippen molar-refractivity contribution in [1.29, 1.82) is 0 Å². The van der Waals surface area contributed by atoms with Gasteiger partial charge in [-0.1, -0.05) is 23.2 Å². The van der Waals surface area contributed by atoms with Crippen molar-refractivity contribution >= 4 is 40.3 Å². The molecule has 0 aliphatic heterocycles. The summed E-state index contributed by atoms with van der Waals surface area (Å²) in [5, 5.41) is 0.945. The number of carbonyl (C=O) groups excluding carboxylic acids is 1. The molecule has 6 heteroatoms. The number of hydrogen-bond acceptors (Lipinski definition) is 4. The van der Waals surface area contributed by atoms with Crippen molar-refractivity contribution < 1.29 is 4.79 Å². The maximum atomic E-state index is 12.2. The largest absolute Gasteiger partial charge is 0.294 e. The van der Waals surface area contributed by atoms with Crippen LogP contribution in [0, 0.1) is 6.92 Å². The third-order valence-corrected chi connectivity index (χ3v) is 4.39. The van der Waals surface area contributed by atoms with Gasteiger partial charge in [0.2, 0.25) is 0 Å². The third-order valence-electron chi connectivity index (χ3n) is 2.90. The molecule has 1 aromatic heterocycles. The summed E-state index contributed by atoms with van der Waals surface area (Å²) in [4.78, 5) is 19.6. The van der Waals surface area contributed by atoms with Gasteiger partial charge in [0, 0.05) is 22.0 Å². The maximum absolute atomic E-state index is 12.2. The minimum Gasteiger partial charge on any atom is -0.294 e. The molecule has 0 N–H and O–H groups in total. The fraction of sp³-hybridized carbons (Fsp3) is 0.286. The van der Waals surface area contributed by atoms with Gasteiger partial charge in [-0.3, -0.25) is 9.69 Å². The fourth-order valence-corrected chi connectivity index (χ4v) is 3.07. The first kappa shape index (κ1) is 15.4. The van der Waals surface area contributed by atoms with Crippen LogP contribution in [0.2, 0.25) is 10.0 Å². The fourth-order valence-electron chi connectivity index (χ4n) is 1.82. The Labute approximate surface area is 132 Å². The Bertz CT molecular complexity index is 627. The molecule has 1 aromatic carbocycles. The average molecular weight is 329 g/mol. The Morgan fingerprint density at radius 1 is 1.40 bits per heavy atom. The number of hydrogen-bond donors (Lipinski definition) is 0. The van der Waals surface area contributed by atoms with E-state index in [1.54, 1.807) is 29.5 Å². The van der Waals surface area contributed by atoms with Crippen molar-refractivity contribution in [3.63, 3.8) is 0 Å². The van der Waals surface area contributed by atoms with Crippen LogP contribution in [0.25, 0.3) is 0 Å². The van der Waals surface area contributed by atoms with E-state index < -0.39 is 0 Å². The van der Waals surface area contributed by atoms with Crippen molar-refractivity contribution in [3.8, 4) is 0 Å². The highest BCUT2D eigenvalue weighted by atomic mass is 35.5. The monoisotopic (exact) mass is 328 g/mol. The molecular formula is C14H14Cl2N2OS. The number of aryl methyl sites for hydroxylation is 1. The first-order chi connectivity index (χ1) is 9.47. The molecule has 0 radical (unpaired) electrons. The molecule has 0 aliphatic rings. The van der Waals surface area contributed by atoms with Gasteiger partial charge in [0.15, 0.2) is 5.78 Å². The molecule has 2 rings (SSSR count). The van der Waals surface area contributed by atoms with Gasteiger partial charge in [-0.25, -0.2) is 4.98 Å². The summed E-state index contributed by atoms with van der Waals surface area (Å²) >= 11 is 13.5. The van der Waals surface area contributed by atoms with E-state index >= 15 is 0 Å². The van der Waals surface area contributed by atoms with Crippen molar-refractivity contribution in [3.05, 3.63) is 49.9 Å². The zero-order valence-corrected chi connectivity index (χ0v) is 13.5. The number of nitrogens with zero attached hydrogens (tertiary/aromatic N) is 2. The summed E-state index contributed by atoms with van der Waals surface area (Å²) in [6.07, 6.45) is 0. The van der Waals surface area contributed by atoms with E-state index in [2.05, 4.69) is 4.98 Å². The summed E-state index contributed by atoms with van der Waals surface area (Å²) in [6.45, 7) is 2.95. The second kappa shape index (κ2) is 6.68. The van der Waals surface area contributed by atoms with Crippen molar-refractivity contribution in [2.75, 3.05) is 13.6 Å². The molecule has 0 spiro atoms. The van der Waals surface area contributed by atoms with Gasteiger partial charge in [-0.15, -0.1) is 11.3 Å². The SMILES string of the molecule is Cc1ncsc1CN(C)CC(=O)c1cc(Cl)ccc1Cl. The Morgan fingerprint density at radius 2 is 2.15 bits per heavy atom. The van der Waals surface area contributed by atoms with E-state index in [-0.39, 0.29) is 12.3 Å². The molecule has 0 amide bonds. The summed E-state index contributed by atoms with van der Waals surface area (Å²) in [6, 6.07) is 4.92. The summed E-state index contributed by atoms with van der Waals surface area (Å²) in [5.41, 5.74) is 3.29.